The molecule has 0 aromatic heterocycles. The molecule has 0 aliphatic heterocycles. The molecule has 2 rings (SSSR count). The third-order valence-electron chi connectivity index (χ3n) is 3.34. The standard InChI is InChI=1S/C15H22N2OS/c1-2-18-14-10-6-9-13(11-14)17-15(19)16-12-7-4-3-5-8-12/h6,9-12H,2-5,7-8H2,1H3,(H2,16,17,19). The lowest BCUT2D eigenvalue weighted by Gasteiger charge is -2.24. The molecule has 0 unspecified atom stereocenters. The molecule has 1 aromatic rings. The van der Waals surface area contributed by atoms with Crippen molar-refractivity contribution < 1.29 is 4.74 Å². The van der Waals surface area contributed by atoms with Crippen LogP contribution in [0.4, 0.5) is 5.69 Å². The van der Waals surface area contributed by atoms with Crippen LogP contribution in [0.2, 0.25) is 0 Å². The van der Waals surface area contributed by atoms with Crippen molar-refractivity contribution >= 4 is 23.0 Å². The highest BCUT2D eigenvalue weighted by atomic mass is 32.1. The molecule has 4 heteroatoms. The molecular formula is C15H22N2OS. The van der Waals surface area contributed by atoms with E-state index in [0.717, 1.165) is 11.4 Å². The fourth-order valence-electron chi connectivity index (χ4n) is 2.43. The van der Waals surface area contributed by atoms with Crippen molar-refractivity contribution in [3.63, 3.8) is 0 Å². The van der Waals surface area contributed by atoms with Gasteiger partial charge in [0.15, 0.2) is 5.11 Å². The SMILES string of the molecule is CCOc1cccc(NC(=S)NC2CCCCC2)c1. The molecule has 0 spiro atoms. The van der Waals surface area contributed by atoms with Gasteiger partial charge >= 0.3 is 0 Å². The number of anilines is 1. The largest absolute Gasteiger partial charge is 0.494 e. The van der Waals surface area contributed by atoms with Crippen LogP contribution in [0.1, 0.15) is 39.0 Å². The zero-order valence-electron chi connectivity index (χ0n) is 11.4. The van der Waals surface area contributed by atoms with Gasteiger partial charge in [0, 0.05) is 17.8 Å². The minimum Gasteiger partial charge on any atom is -0.494 e. The van der Waals surface area contributed by atoms with Crippen LogP contribution in [0.5, 0.6) is 5.75 Å². The maximum atomic E-state index is 5.47. The zero-order valence-corrected chi connectivity index (χ0v) is 12.3. The molecule has 1 fully saturated rings. The summed E-state index contributed by atoms with van der Waals surface area (Å²) in [7, 11) is 0. The van der Waals surface area contributed by atoms with E-state index in [-0.39, 0.29) is 0 Å². The van der Waals surface area contributed by atoms with Gasteiger partial charge < -0.3 is 15.4 Å². The fraction of sp³-hybridized carbons (Fsp3) is 0.533. The van der Waals surface area contributed by atoms with Crippen LogP contribution in [-0.4, -0.2) is 17.8 Å². The highest BCUT2D eigenvalue weighted by Crippen LogP contribution is 2.19. The lowest BCUT2D eigenvalue weighted by molar-refractivity contribution is 0.340. The highest BCUT2D eigenvalue weighted by Gasteiger charge is 2.13. The van der Waals surface area contributed by atoms with Gasteiger partial charge in [0.25, 0.3) is 0 Å². The van der Waals surface area contributed by atoms with Crippen molar-refractivity contribution in [1.82, 2.24) is 5.32 Å². The van der Waals surface area contributed by atoms with E-state index in [4.69, 9.17) is 17.0 Å². The number of nitrogens with one attached hydrogen (secondary N) is 2. The van der Waals surface area contributed by atoms with E-state index in [1.54, 1.807) is 0 Å². The normalized spacial score (nSPS) is 15.8. The van der Waals surface area contributed by atoms with Crippen molar-refractivity contribution in [2.24, 2.45) is 0 Å². The average molecular weight is 278 g/mol. The Bertz CT molecular complexity index is 416. The van der Waals surface area contributed by atoms with Gasteiger partial charge in [-0.25, -0.2) is 0 Å². The van der Waals surface area contributed by atoms with Gasteiger partial charge in [0.2, 0.25) is 0 Å². The molecule has 1 aliphatic rings. The van der Waals surface area contributed by atoms with Crippen molar-refractivity contribution in [2.75, 3.05) is 11.9 Å². The van der Waals surface area contributed by atoms with Crippen molar-refractivity contribution in [1.29, 1.82) is 0 Å². The van der Waals surface area contributed by atoms with Gasteiger partial charge in [-0.05, 0) is 44.1 Å². The number of ether oxygens (including phenoxy) is 1. The van der Waals surface area contributed by atoms with Gasteiger partial charge in [-0.3, -0.25) is 0 Å². The van der Waals surface area contributed by atoms with E-state index < -0.39 is 0 Å². The molecular weight excluding hydrogens is 256 g/mol. The first-order valence-electron chi connectivity index (χ1n) is 7.08. The van der Waals surface area contributed by atoms with Crippen LogP contribution in [0.15, 0.2) is 24.3 Å². The van der Waals surface area contributed by atoms with E-state index >= 15 is 0 Å². The molecule has 2 N–H and O–H groups in total. The van der Waals surface area contributed by atoms with E-state index in [9.17, 15) is 0 Å². The summed E-state index contributed by atoms with van der Waals surface area (Å²) in [5.74, 6) is 0.868. The second-order valence-electron chi connectivity index (χ2n) is 4.89. The molecule has 0 amide bonds. The Hall–Kier alpha value is -1.29. The first kappa shape index (κ1) is 14.1. The summed E-state index contributed by atoms with van der Waals surface area (Å²) in [6, 6.07) is 8.42. The third-order valence-corrected chi connectivity index (χ3v) is 3.56. The van der Waals surface area contributed by atoms with Crippen molar-refractivity contribution in [2.45, 2.75) is 45.1 Å². The van der Waals surface area contributed by atoms with E-state index in [2.05, 4.69) is 10.6 Å². The molecule has 1 aromatic carbocycles. The topological polar surface area (TPSA) is 33.3 Å². The number of thiocarbonyl (C=S) groups is 1. The summed E-state index contributed by atoms with van der Waals surface area (Å²) < 4.78 is 5.47. The van der Waals surface area contributed by atoms with Crippen molar-refractivity contribution in [3.05, 3.63) is 24.3 Å². The summed E-state index contributed by atoms with van der Waals surface area (Å²) in [4.78, 5) is 0. The first-order valence-corrected chi connectivity index (χ1v) is 7.49. The molecule has 104 valence electrons. The first-order chi connectivity index (χ1) is 9.28. The summed E-state index contributed by atoms with van der Waals surface area (Å²) in [5, 5.41) is 7.34. The molecule has 1 saturated carbocycles. The summed E-state index contributed by atoms with van der Waals surface area (Å²) >= 11 is 5.36. The van der Waals surface area contributed by atoms with Gasteiger partial charge in [-0.2, -0.15) is 0 Å². The van der Waals surface area contributed by atoms with Crippen LogP contribution < -0.4 is 15.4 Å². The molecule has 3 nitrogen and oxygen atoms in total. The maximum absolute atomic E-state index is 5.47. The van der Waals surface area contributed by atoms with Crippen LogP contribution in [0.3, 0.4) is 0 Å². The van der Waals surface area contributed by atoms with Gasteiger partial charge in [-0.15, -0.1) is 0 Å². The minimum absolute atomic E-state index is 0.531. The lowest BCUT2D eigenvalue weighted by atomic mass is 9.96. The Balaban J connectivity index is 1.85. The number of hydrogen-bond donors (Lipinski definition) is 2. The lowest BCUT2D eigenvalue weighted by Crippen LogP contribution is -2.38. The molecule has 0 radical (unpaired) electrons. The summed E-state index contributed by atoms with van der Waals surface area (Å²) in [5.41, 5.74) is 0.972. The molecule has 0 atom stereocenters. The summed E-state index contributed by atoms with van der Waals surface area (Å²) in [6.45, 7) is 2.66. The number of rotatable bonds is 4. The number of hydrogen-bond acceptors (Lipinski definition) is 2. The van der Waals surface area contributed by atoms with Gasteiger partial charge in [0.1, 0.15) is 5.75 Å². The predicted octanol–water partition coefficient (Wildman–Crippen LogP) is 3.70. The van der Waals surface area contributed by atoms with Crippen LogP contribution in [0.25, 0.3) is 0 Å². The zero-order chi connectivity index (χ0) is 13.5. The monoisotopic (exact) mass is 278 g/mol. The highest BCUT2D eigenvalue weighted by molar-refractivity contribution is 7.80. The van der Waals surface area contributed by atoms with Gasteiger partial charge in [-0.1, -0.05) is 25.3 Å². The Labute approximate surface area is 120 Å². The van der Waals surface area contributed by atoms with Gasteiger partial charge in [0.05, 0.1) is 6.61 Å². The van der Waals surface area contributed by atoms with Crippen LogP contribution in [-0.2, 0) is 0 Å². The molecule has 1 aliphatic carbocycles. The summed E-state index contributed by atoms with van der Waals surface area (Å²) in [6.07, 6.45) is 6.41. The Morgan fingerprint density at radius 2 is 2.11 bits per heavy atom. The minimum atomic E-state index is 0.531. The molecule has 0 saturated heterocycles. The number of benzene rings is 1. The van der Waals surface area contributed by atoms with Crippen LogP contribution in [0, 0.1) is 0 Å². The van der Waals surface area contributed by atoms with E-state index in [0.29, 0.717) is 17.8 Å². The second kappa shape index (κ2) is 7.34. The maximum Gasteiger partial charge on any atom is 0.170 e. The fourth-order valence-corrected chi connectivity index (χ4v) is 2.71. The quantitative estimate of drug-likeness (QED) is 0.823. The second-order valence-corrected chi connectivity index (χ2v) is 5.30. The van der Waals surface area contributed by atoms with E-state index in [1.807, 2.05) is 31.2 Å². The Morgan fingerprint density at radius 1 is 1.32 bits per heavy atom. The molecule has 19 heavy (non-hydrogen) atoms. The smallest absolute Gasteiger partial charge is 0.170 e. The third kappa shape index (κ3) is 4.71. The Kier molecular flexibility index (Phi) is 5.45. The van der Waals surface area contributed by atoms with Crippen LogP contribution >= 0.6 is 12.2 Å². The molecule has 0 heterocycles. The Morgan fingerprint density at radius 3 is 2.84 bits per heavy atom. The molecule has 0 bridgehead atoms. The average Bonchev–Trinajstić information content (AvgIpc) is 2.40. The van der Waals surface area contributed by atoms with E-state index in [1.165, 1.54) is 32.1 Å². The van der Waals surface area contributed by atoms with Crippen molar-refractivity contribution in [3.8, 4) is 5.75 Å². The predicted molar refractivity (Wildman–Crippen MR) is 83.8 cm³/mol.